The number of hydrogen-bond acceptors (Lipinski definition) is 8. The van der Waals surface area contributed by atoms with E-state index in [0.29, 0.717) is 34.9 Å². The van der Waals surface area contributed by atoms with Crippen LogP contribution >= 0.6 is 11.8 Å². The van der Waals surface area contributed by atoms with Crippen molar-refractivity contribution in [2.75, 3.05) is 44.0 Å². The van der Waals surface area contributed by atoms with Gasteiger partial charge in [0.15, 0.2) is 11.3 Å². The standard InChI is InChI=1S/C28H34FN5O2S/c1-18(2)21-16-22(26(36)17-25(21)35)27-30-31-28(37-20-9-7-6-8-10-20)34(27)19-11-12-24(23(29)15-19)33(5)14-13-32(3)4/h6-12,15-18,28,31,35-36H,13-14H2,1-5H3. The minimum atomic E-state index is -0.384. The molecule has 0 aliphatic carbocycles. The van der Waals surface area contributed by atoms with E-state index in [1.165, 1.54) is 23.9 Å². The molecule has 1 atom stereocenters. The Morgan fingerprint density at radius 1 is 1.00 bits per heavy atom. The van der Waals surface area contributed by atoms with Gasteiger partial charge in [-0.25, -0.2) is 4.39 Å². The quantitative estimate of drug-likeness (QED) is 0.356. The zero-order chi connectivity index (χ0) is 26.7. The van der Waals surface area contributed by atoms with E-state index in [-0.39, 0.29) is 28.7 Å². The number of hydrogen-bond donors (Lipinski definition) is 3. The first-order chi connectivity index (χ1) is 17.7. The molecule has 4 rings (SSSR count). The van der Waals surface area contributed by atoms with Crippen LogP contribution in [0.2, 0.25) is 0 Å². The van der Waals surface area contributed by atoms with Crippen LogP contribution in [0.1, 0.15) is 30.9 Å². The number of thioether (sulfide) groups is 1. The number of phenolic OH excluding ortho intramolecular Hbond substituents is 2. The van der Waals surface area contributed by atoms with Crippen molar-refractivity contribution in [1.29, 1.82) is 0 Å². The molecule has 0 saturated heterocycles. The monoisotopic (exact) mass is 523 g/mol. The molecular weight excluding hydrogens is 489 g/mol. The van der Waals surface area contributed by atoms with Gasteiger partial charge in [-0.3, -0.25) is 10.3 Å². The molecule has 7 nitrogen and oxygen atoms in total. The summed E-state index contributed by atoms with van der Waals surface area (Å²) in [5.41, 5.74) is 5.02. The fourth-order valence-electron chi connectivity index (χ4n) is 4.15. The van der Waals surface area contributed by atoms with Crippen molar-refractivity contribution in [1.82, 2.24) is 10.3 Å². The van der Waals surface area contributed by atoms with Gasteiger partial charge in [-0.05, 0) is 62.0 Å². The highest BCUT2D eigenvalue weighted by Gasteiger charge is 2.33. The molecule has 1 heterocycles. The summed E-state index contributed by atoms with van der Waals surface area (Å²) < 4.78 is 15.4. The molecule has 37 heavy (non-hydrogen) atoms. The molecule has 1 aliphatic rings. The lowest BCUT2D eigenvalue weighted by molar-refractivity contribution is 0.416. The Morgan fingerprint density at radius 3 is 2.38 bits per heavy atom. The number of hydrazone groups is 1. The molecule has 0 fully saturated rings. The van der Waals surface area contributed by atoms with Gasteiger partial charge in [-0.15, -0.1) is 0 Å². The lowest BCUT2D eigenvalue weighted by atomic mass is 9.98. The highest BCUT2D eigenvalue weighted by atomic mass is 32.2. The van der Waals surface area contributed by atoms with Gasteiger partial charge in [0.1, 0.15) is 17.3 Å². The highest BCUT2D eigenvalue weighted by molar-refractivity contribution is 8.00. The number of benzene rings is 3. The number of nitrogens with one attached hydrogen (secondary N) is 1. The fraction of sp³-hybridized carbons (Fsp3) is 0.321. The molecule has 3 aromatic carbocycles. The van der Waals surface area contributed by atoms with Gasteiger partial charge in [0.05, 0.1) is 11.3 Å². The number of likely N-dealkylation sites (N-methyl/N-ethyl adjacent to an activating group) is 2. The Kier molecular flexibility index (Phi) is 8.14. The zero-order valence-electron chi connectivity index (χ0n) is 21.8. The average Bonchev–Trinajstić information content (AvgIpc) is 3.26. The van der Waals surface area contributed by atoms with E-state index in [0.717, 1.165) is 11.4 Å². The average molecular weight is 524 g/mol. The van der Waals surface area contributed by atoms with Gasteiger partial charge in [-0.2, -0.15) is 5.10 Å². The van der Waals surface area contributed by atoms with Crippen LogP contribution in [0.3, 0.4) is 0 Å². The van der Waals surface area contributed by atoms with Crippen molar-refractivity contribution in [2.24, 2.45) is 5.10 Å². The van der Waals surface area contributed by atoms with Gasteiger partial charge < -0.3 is 20.0 Å². The third-order valence-electron chi connectivity index (χ3n) is 6.25. The molecule has 0 saturated carbocycles. The lowest BCUT2D eigenvalue weighted by Gasteiger charge is -2.29. The summed E-state index contributed by atoms with van der Waals surface area (Å²) in [5.74, 6) is 0.0675. The summed E-state index contributed by atoms with van der Waals surface area (Å²) in [4.78, 5) is 6.84. The van der Waals surface area contributed by atoms with E-state index in [1.807, 2.05) is 81.2 Å². The van der Waals surface area contributed by atoms with Gasteiger partial charge in [0.25, 0.3) is 0 Å². The number of aromatic hydroxyl groups is 2. The molecule has 9 heteroatoms. The van der Waals surface area contributed by atoms with E-state index in [9.17, 15) is 10.2 Å². The maximum atomic E-state index is 15.4. The largest absolute Gasteiger partial charge is 0.508 e. The van der Waals surface area contributed by atoms with Gasteiger partial charge >= 0.3 is 0 Å². The van der Waals surface area contributed by atoms with E-state index < -0.39 is 0 Å². The van der Waals surface area contributed by atoms with Crippen molar-refractivity contribution in [3.05, 3.63) is 77.6 Å². The van der Waals surface area contributed by atoms with Crippen molar-refractivity contribution >= 4 is 29.0 Å². The van der Waals surface area contributed by atoms with Gasteiger partial charge in [0, 0.05) is 36.8 Å². The van der Waals surface area contributed by atoms with Crippen molar-refractivity contribution in [2.45, 2.75) is 30.2 Å². The SMILES string of the molecule is CC(C)c1cc(C2=NNC(Sc3ccccc3)N2c2ccc(N(C)CCN(C)C)c(F)c2)c(O)cc1O. The Labute approximate surface area is 222 Å². The minimum absolute atomic E-state index is 0.0284. The van der Waals surface area contributed by atoms with E-state index in [1.54, 1.807) is 12.1 Å². The number of phenols is 2. The topological polar surface area (TPSA) is 74.6 Å². The first-order valence-electron chi connectivity index (χ1n) is 12.2. The second kappa shape index (κ2) is 11.3. The summed E-state index contributed by atoms with van der Waals surface area (Å²) in [5, 5.41) is 25.7. The lowest BCUT2D eigenvalue weighted by Crippen LogP contribution is -2.38. The van der Waals surface area contributed by atoms with Gasteiger partial charge in [0.2, 0.25) is 0 Å². The van der Waals surface area contributed by atoms with Crippen LogP contribution < -0.4 is 15.2 Å². The summed E-state index contributed by atoms with van der Waals surface area (Å²) >= 11 is 1.53. The van der Waals surface area contributed by atoms with Crippen LogP contribution in [0.4, 0.5) is 15.8 Å². The Hall–Kier alpha value is -3.43. The number of amidine groups is 1. The minimum Gasteiger partial charge on any atom is -0.508 e. The molecule has 1 aliphatic heterocycles. The number of anilines is 2. The molecule has 0 bridgehead atoms. The van der Waals surface area contributed by atoms with E-state index >= 15 is 4.39 Å². The number of halogens is 1. The molecule has 0 amide bonds. The van der Waals surface area contributed by atoms with E-state index in [2.05, 4.69) is 15.4 Å². The van der Waals surface area contributed by atoms with Crippen molar-refractivity contribution < 1.29 is 14.6 Å². The molecule has 3 N–H and O–H groups in total. The molecule has 0 radical (unpaired) electrons. The molecule has 1 unspecified atom stereocenters. The third kappa shape index (κ3) is 5.94. The van der Waals surface area contributed by atoms with E-state index in [4.69, 9.17) is 0 Å². The molecule has 0 spiro atoms. The smallest absolute Gasteiger partial charge is 0.173 e. The van der Waals surface area contributed by atoms with Crippen LogP contribution in [0.5, 0.6) is 11.5 Å². The van der Waals surface area contributed by atoms with Crippen LogP contribution in [-0.4, -0.2) is 60.7 Å². The number of rotatable bonds is 9. The summed E-state index contributed by atoms with van der Waals surface area (Å²) in [7, 11) is 5.85. The maximum absolute atomic E-state index is 15.4. The Morgan fingerprint density at radius 2 is 1.73 bits per heavy atom. The molecular formula is C28H34FN5O2S. The molecule has 3 aromatic rings. The van der Waals surface area contributed by atoms with Crippen LogP contribution in [0.25, 0.3) is 0 Å². The maximum Gasteiger partial charge on any atom is 0.173 e. The molecule has 196 valence electrons. The Balaban J connectivity index is 1.73. The van der Waals surface area contributed by atoms with Crippen LogP contribution in [0.15, 0.2) is 70.7 Å². The summed E-state index contributed by atoms with van der Waals surface area (Å²) in [6, 6.07) is 18.1. The Bertz CT molecular complexity index is 1270. The third-order valence-corrected chi connectivity index (χ3v) is 7.33. The fourth-order valence-corrected chi connectivity index (χ4v) is 5.16. The first-order valence-corrected chi connectivity index (χ1v) is 13.1. The summed E-state index contributed by atoms with van der Waals surface area (Å²) in [6.07, 6.45) is 0. The predicted octanol–water partition coefficient (Wildman–Crippen LogP) is 5.21. The zero-order valence-corrected chi connectivity index (χ0v) is 22.6. The number of nitrogens with zero attached hydrogens (tertiary/aromatic N) is 4. The highest BCUT2D eigenvalue weighted by Crippen LogP contribution is 2.38. The second-order valence-electron chi connectivity index (χ2n) is 9.66. The van der Waals surface area contributed by atoms with Crippen molar-refractivity contribution in [3.8, 4) is 11.5 Å². The van der Waals surface area contributed by atoms with Crippen LogP contribution in [0, 0.1) is 5.82 Å². The normalized spacial score (nSPS) is 15.3. The van der Waals surface area contributed by atoms with Gasteiger partial charge in [-0.1, -0.05) is 43.8 Å². The summed E-state index contributed by atoms with van der Waals surface area (Å²) in [6.45, 7) is 5.43. The molecule has 0 aromatic heterocycles. The van der Waals surface area contributed by atoms with Crippen molar-refractivity contribution in [3.63, 3.8) is 0 Å². The van der Waals surface area contributed by atoms with Crippen LogP contribution in [-0.2, 0) is 0 Å². The predicted molar refractivity (Wildman–Crippen MR) is 150 cm³/mol. The first kappa shape index (κ1) is 26.6. The second-order valence-corrected chi connectivity index (χ2v) is 10.8.